The van der Waals surface area contributed by atoms with Crippen LogP contribution in [0.5, 0.6) is 0 Å². The van der Waals surface area contributed by atoms with Crippen LogP contribution in [0.3, 0.4) is 0 Å². The molecule has 2 aromatic heterocycles. The highest BCUT2D eigenvalue weighted by Crippen LogP contribution is 2.21. The Bertz CT molecular complexity index is 950. The second-order valence-electron chi connectivity index (χ2n) is 6.54. The predicted octanol–water partition coefficient (Wildman–Crippen LogP) is 2.78. The van der Waals surface area contributed by atoms with E-state index in [-0.39, 0.29) is 23.8 Å². The lowest BCUT2D eigenvalue weighted by atomic mass is 10.1. The van der Waals surface area contributed by atoms with Crippen molar-refractivity contribution in [2.75, 3.05) is 6.61 Å². The van der Waals surface area contributed by atoms with Crippen molar-refractivity contribution in [1.29, 1.82) is 0 Å². The zero-order chi connectivity index (χ0) is 21.2. The largest absolute Gasteiger partial charge is 0.462 e. The maximum absolute atomic E-state index is 12.8. The van der Waals surface area contributed by atoms with Crippen LogP contribution in [0, 0.1) is 13.8 Å². The van der Waals surface area contributed by atoms with E-state index in [0.29, 0.717) is 22.4 Å². The minimum Gasteiger partial charge on any atom is -0.462 e. The average Bonchev–Trinajstić information content (AvgIpc) is 3.14. The van der Waals surface area contributed by atoms with Crippen LogP contribution >= 0.6 is 0 Å². The fraction of sp³-hybridized carbons (Fsp3) is 0.400. The molecule has 0 unspecified atom stereocenters. The van der Waals surface area contributed by atoms with Gasteiger partial charge in [0.05, 0.1) is 17.9 Å². The zero-order valence-electron chi connectivity index (χ0n) is 16.8. The van der Waals surface area contributed by atoms with E-state index in [2.05, 4.69) is 4.98 Å². The van der Waals surface area contributed by atoms with Crippen LogP contribution in [0.15, 0.2) is 12.3 Å². The Labute approximate surface area is 162 Å². The molecule has 150 valence electrons. The molecule has 28 heavy (non-hydrogen) atoms. The summed E-state index contributed by atoms with van der Waals surface area (Å²) >= 11 is 0. The smallest absolute Gasteiger partial charge is 0.355 e. The number of aromatic amines is 1. The molecule has 0 amide bonds. The number of H-pyrrole nitrogens is 1. The Morgan fingerprint density at radius 3 is 2.36 bits per heavy atom. The third-order valence-electron chi connectivity index (χ3n) is 4.44. The molecule has 0 saturated carbocycles. The molecule has 0 saturated heterocycles. The molecule has 1 N–H and O–H groups in total. The van der Waals surface area contributed by atoms with Gasteiger partial charge in [0, 0.05) is 24.5 Å². The van der Waals surface area contributed by atoms with E-state index in [0.717, 1.165) is 0 Å². The molecule has 0 radical (unpaired) electrons. The van der Waals surface area contributed by atoms with Crippen LogP contribution in [0.25, 0.3) is 0 Å². The van der Waals surface area contributed by atoms with Crippen LogP contribution in [-0.2, 0) is 16.5 Å². The van der Waals surface area contributed by atoms with E-state index in [1.807, 2.05) is 0 Å². The monoisotopic (exact) mass is 388 g/mol. The molecule has 2 heterocycles. The number of hydrogen-bond acceptors (Lipinski definition) is 6. The second-order valence-corrected chi connectivity index (χ2v) is 6.54. The van der Waals surface area contributed by atoms with Crippen molar-refractivity contribution in [3.8, 4) is 0 Å². The van der Waals surface area contributed by atoms with E-state index in [1.54, 1.807) is 27.8 Å². The maximum Gasteiger partial charge on any atom is 0.355 e. The fourth-order valence-corrected chi connectivity index (χ4v) is 2.94. The van der Waals surface area contributed by atoms with Crippen molar-refractivity contribution in [2.24, 2.45) is 7.05 Å². The highest BCUT2D eigenvalue weighted by molar-refractivity contribution is 6.04. The van der Waals surface area contributed by atoms with Crippen molar-refractivity contribution in [1.82, 2.24) is 9.55 Å². The molecule has 0 aliphatic carbocycles. The summed E-state index contributed by atoms with van der Waals surface area (Å²) in [4.78, 5) is 51.6. The topological polar surface area (TPSA) is 107 Å². The van der Waals surface area contributed by atoms with Gasteiger partial charge >= 0.3 is 11.9 Å². The lowest BCUT2D eigenvalue weighted by Crippen LogP contribution is -2.26. The first kappa shape index (κ1) is 21.1. The van der Waals surface area contributed by atoms with Gasteiger partial charge in [-0.3, -0.25) is 9.59 Å². The van der Waals surface area contributed by atoms with Gasteiger partial charge < -0.3 is 19.0 Å². The lowest BCUT2D eigenvalue weighted by Gasteiger charge is -2.12. The Morgan fingerprint density at radius 2 is 1.82 bits per heavy atom. The molecule has 2 aromatic rings. The van der Waals surface area contributed by atoms with Crippen molar-refractivity contribution >= 4 is 23.5 Å². The molecule has 0 aromatic carbocycles. The first-order chi connectivity index (χ1) is 13.1. The van der Waals surface area contributed by atoms with E-state index < -0.39 is 23.8 Å². The Balaban J connectivity index is 2.21. The van der Waals surface area contributed by atoms with E-state index in [1.165, 1.54) is 30.7 Å². The van der Waals surface area contributed by atoms with Gasteiger partial charge in [0.15, 0.2) is 11.9 Å². The van der Waals surface area contributed by atoms with Crippen LogP contribution < -0.4 is 0 Å². The summed E-state index contributed by atoms with van der Waals surface area (Å²) in [7, 11) is 1.61. The van der Waals surface area contributed by atoms with Crippen molar-refractivity contribution in [3.05, 3.63) is 46.0 Å². The first-order valence-electron chi connectivity index (χ1n) is 8.87. The summed E-state index contributed by atoms with van der Waals surface area (Å²) in [5.74, 6) is -1.88. The number of ketones is 2. The van der Waals surface area contributed by atoms with Crippen LogP contribution in [0.2, 0.25) is 0 Å². The Morgan fingerprint density at radius 1 is 1.18 bits per heavy atom. The van der Waals surface area contributed by atoms with Gasteiger partial charge in [0.25, 0.3) is 0 Å². The first-order valence-corrected chi connectivity index (χ1v) is 8.87. The van der Waals surface area contributed by atoms with Crippen LogP contribution in [0.4, 0.5) is 0 Å². The van der Waals surface area contributed by atoms with E-state index in [9.17, 15) is 19.2 Å². The summed E-state index contributed by atoms with van der Waals surface area (Å²) in [6.45, 7) is 8.07. The highest BCUT2D eigenvalue weighted by atomic mass is 16.5. The van der Waals surface area contributed by atoms with E-state index >= 15 is 0 Å². The van der Waals surface area contributed by atoms with Gasteiger partial charge in [-0.2, -0.15) is 0 Å². The number of ether oxygens (including phenoxy) is 2. The molecule has 0 aliphatic rings. The van der Waals surface area contributed by atoms with Crippen molar-refractivity contribution in [3.63, 3.8) is 0 Å². The zero-order valence-corrected chi connectivity index (χ0v) is 16.8. The number of nitrogens with one attached hydrogen (secondary N) is 1. The second kappa shape index (κ2) is 8.24. The summed E-state index contributed by atoms with van der Waals surface area (Å²) < 4.78 is 11.8. The molecule has 8 nitrogen and oxygen atoms in total. The standard InChI is InChI=1S/C20H24N2O6/c1-7-27-20(26)16-10(2)17(21-11(16)3)18(24)13(5)28-19(25)15-8-14(12(4)23)9-22(15)6/h8-9,13,21H,7H2,1-6H3/t13-/m1/s1. The van der Waals surface area contributed by atoms with Gasteiger partial charge in [-0.25, -0.2) is 9.59 Å². The third-order valence-corrected chi connectivity index (χ3v) is 4.44. The van der Waals surface area contributed by atoms with Gasteiger partial charge in [0.1, 0.15) is 5.69 Å². The predicted molar refractivity (Wildman–Crippen MR) is 101 cm³/mol. The fourth-order valence-electron chi connectivity index (χ4n) is 2.94. The number of carbonyl (C=O) groups excluding carboxylic acids is 4. The number of aromatic nitrogens is 2. The quantitative estimate of drug-likeness (QED) is 0.577. The average molecular weight is 388 g/mol. The summed E-state index contributed by atoms with van der Waals surface area (Å²) in [6, 6.07) is 1.42. The lowest BCUT2D eigenvalue weighted by molar-refractivity contribution is 0.0307. The SMILES string of the molecule is CCOC(=O)c1c(C)[nH]c(C(=O)[C@@H](C)OC(=O)c2cc(C(C)=O)cn2C)c1C. The minimum atomic E-state index is -1.09. The number of Topliss-reactive ketones (excluding diaryl/α,β-unsaturated/α-hetero) is 2. The highest BCUT2D eigenvalue weighted by Gasteiger charge is 2.28. The number of hydrogen-bond donors (Lipinski definition) is 1. The Kier molecular flexibility index (Phi) is 6.23. The molecule has 0 spiro atoms. The number of nitrogens with zero attached hydrogens (tertiary/aromatic N) is 1. The minimum absolute atomic E-state index is 0.163. The number of esters is 2. The van der Waals surface area contributed by atoms with Gasteiger partial charge in [-0.15, -0.1) is 0 Å². The van der Waals surface area contributed by atoms with Gasteiger partial charge in [0.2, 0.25) is 5.78 Å². The van der Waals surface area contributed by atoms with Crippen molar-refractivity contribution < 1.29 is 28.7 Å². The summed E-state index contributed by atoms with van der Waals surface area (Å²) in [6.07, 6.45) is 0.435. The molecular weight excluding hydrogens is 364 g/mol. The van der Waals surface area contributed by atoms with Crippen LogP contribution in [-0.4, -0.2) is 45.8 Å². The molecule has 0 fully saturated rings. The summed E-state index contributed by atoms with van der Waals surface area (Å²) in [5.41, 5.74) is 1.99. The maximum atomic E-state index is 12.8. The van der Waals surface area contributed by atoms with Gasteiger partial charge in [-0.1, -0.05) is 0 Å². The number of aryl methyl sites for hydroxylation is 2. The number of carbonyl (C=O) groups is 4. The van der Waals surface area contributed by atoms with E-state index in [4.69, 9.17) is 9.47 Å². The number of rotatable bonds is 7. The molecule has 8 heteroatoms. The Hall–Kier alpha value is -3.16. The summed E-state index contributed by atoms with van der Waals surface area (Å²) in [5, 5.41) is 0. The van der Waals surface area contributed by atoms with Crippen molar-refractivity contribution in [2.45, 2.75) is 40.7 Å². The van der Waals surface area contributed by atoms with Crippen LogP contribution in [0.1, 0.15) is 73.7 Å². The normalized spacial score (nSPS) is 11.8. The molecule has 1 atom stereocenters. The van der Waals surface area contributed by atoms with Gasteiger partial charge in [-0.05, 0) is 46.2 Å². The molecule has 0 aliphatic heterocycles. The molecule has 0 bridgehead atoms. The molecular formula is C20H24N2O6. The molecule has 2 rings (SSSR count). The third kappa shape index (κ3) is 4.05.